The quantitative estimate of drug-likeness (QED) is 0.0420. The van der Waals surface area contributed by atoms with E-state index in [1.54, 1.807) is 6.08 Å². The summed E-state index contributed by atoms with van der Waals surface area (Å²) in [4.78, 5) is 12.5. The zero-order valence-corrected chi connectivity index (χ0v) is 47.2. The van der Waals surface area contributed by atoms with Gasteiger partial charge in [-0.2, -0.15) is 0 Å². The number of aliphatic hydroxyl groups excluding tert-OH is 2. The minimum absolute atomic E-state index is 0.0759. The maximum atomic E-state index is 12.5. The van der Waals surface area contributed by atoms with E-state index in [0.717, 1.165) is 83.5 Å². The van der Waals surface area contributed by atoms with Gasteiger partial charge in [-0.25, -0.2) is 0 Å². The summed E-state index contributed by atoms with van der Waals surface area (Å²) in [6, 6.07) is -0.637. The molecule has 2 unspecified atom stereocenters. The van der Waals surface area contributed by atoms with Gasteiger partial charge in [0.25, 0.3) is 0 Å². The van der Waals surface area contributed by atoms with Crippen LogP contribution < -0.4 is 5.32 Å². The summed E-state index contributed by atoms with van der Waals surface area (Å²) in [5.74, 6) is -0.0759. The minimum atomic E-state index is -0.853. The number of aliphatic hydroxyl groups is 2. The standard InChI is InChI=1S/C67H119NO3/c1-3-5-7-9-11-13-15-17-19-21-23-25-27-29-31-33-35-36-38-40-42-44-46-48-50-52-54-56-58-60-62-66(70)65(64-69)68-67(71)63-61-59-57-55-53-51-49-47-45-43-41-39-37-34-32-30-28-26-24-22-20-18-16-14-12-10-8-6-4-2/h6,8,12,14,18,20,24,26,30,32,37,39,43,45,60,62,65-66,69-70H,3-5,7,9-11,13,15-17,19,21-23,25,27-29,31,33-36,38,40-42,44,46-59,61,63-64H2,1-2H3,(H,68,71)/b8-6-,14-12-,20-18-,26-24-,32-30-,39-37-,45-43-,62-60+. The van der Waals surface area contributed by atoms with E-state index in [1.807, 2.05) is 6.08 Å². The van der Waals surface area contributed by atoms with Gasteiger partial charge in [-0.05, 0) is 77.0 Å². The number of hydrogen-bond donors (Lipinski definition) is 3. The van der Waals surface area contributed by atoms with Gasteiger partial charge in [0.2, 0.25) is 5.91 Å². The number of amides is 1. The number of nitrogens with one attached hydrogen (secondary N) is 1. The number of carbonyl (C=O) groups is 1. The summed E-state index contributed by atoms with van der Waals surface area (Å²) in [6.45, 7) is 4.21. The average molecular weight is 987 g/mol. The summed E-state index contributed by atoms with van der Waals surface area (Å²) in [5.41, 5.74) is 0. The van der Waals surface area contributed by atoms with Gasteiger partial charge in [-0.1, -0.05) is 317 Å². The van der Waals surface area contributed by atoms with Crippen molar-refractivity contribution in [3.8, 4) is 0 Å². The van der Waals surface area contributed by atoms with Crippen molar-refractivity contribution in [2.75, 3.05) is 6.61 Å². The summed E-state index contributed by atoms with van der Waals surface area (Å²) in [5, 5.41) is 23.2. The fourth-order valence-corrected chi connectivity index (χ4v) is 9.16. The number of unbranched alkanes of at least 4 members (excludes halogenated alkanes) is 35. The van der Waals surface area contributed by atoms with Crippen molar-refractivity contribution >= 4 is 5.91 Å². The van der Waals surface area contributed by atoms with Crippen molar-refractivity contribution in [3.05, 3.63) is 97.2 Å². The Kier molecular flexibility index (Phi) is 59.3. The highest BCUT2D eigenvalue weighted by Crippen LogP contribution is 2.17. The van der Waals surface area contributed by atoms with Crippen LogP contribution in [0.5, 0.6) is 0 Å². The molecule has 1 amide bonds. The Balaban J connectivity index is 3.55. The van der Waals surface area contributed by atoms with Gasteiger partial charge in [0.15, 0.2) is 0 Å². The molecule has 0 saturated heterocycles. The van der Waals surface area contributed by atoms with E-state index < -0.39 is 12.1 Å². The molecule has 0 aliphatic rings. The van der Waals surface area contributed by atoms with Gasteiger partial charge >= 0.3 is 0 Å². The molecule has 0 aliphatic heterocycles. The van der Waals surface area contributed by atoms with Crippen LogP contribution in [-0.2, 0) is 4.79 Å². The van der Waals surface area contributed by atoms with E-state index in [-0.39, 0.29) is 12.5 Å². The lowest BCUT2D eigenvalue weighted by atomic mass is 10.0. The lowest BCUT2D eigenvalue weighted by Crippen LogP contribution is -2.45. The molecular weight excluding hydrogens is 867 g/mol. The molecule has 0 aromatic heterocycles. The Bertz CT molecular complexity index is 1300. The Morgan fingerprint density at radius 1 is 0.352 bits per heavy atom. The first-order valence-electron chi connectivity index (χ1n) is 31.0. The van der Waals surface area contributed by atoms with Crippen molar-refractivity contribution in [2.24, 2.45) is 0 Å². The van der Waals surface area contributed by atoms with Gasteiger partial charge < -0.3 is 15.5 Å². The summed E-state index contributed by atoms with van der Waals surface area (Å²) >= 11 is 0. The van der Waals surface area contributed by atoms with Crippen LogP contribution in [0.1, 0.15) is 303 Å². The van der Waals surface area contributed by atoms with Crippen LogP contribution in [0.4, 0.5) is 0 Å². The molecule has 0 radical (unpaired) electrons. The highest BCUT2D eigenvalue weighted by Gasteiger charge is 2.18. The van der Waals surface area contributed by atoms with Gasteiger partial charge in [-0.3, -0.25) is 4.79 Å². The lowest BCUT2D eigenvalue weighted by Gasteiger charge is -2.20. The Morgan fingerprint density at radius 3 is 0.930 bits per heavy atom. The number of hydrogen-bond acceptors (Lipinski definition) is 3. The largest absolute Gasteiger partial charge is 0.394 e. The third kappa shape index (κ3) is 58.1. The molecule has 0 heterocycles. The summed E-state index contributed by atoms with van der Waals surface area (Å²) in [6.07, 6.45) is 91.6. The molecule has 0 rings (SSSR count). The summed E-state index contributed by atoms with van der Waals surface area (Å²) in [7, 11) is 0. The van der Waals surface area contributed by atoms with E-state index in [1.165, 1.54) is 199 Å². The van der Waals surface area contributed by atoms with Crippen LogP contribution >= 0.6 is 0 Å². The molecule has 0 saturated carbocycles. The molecule has 0 aromatic rings. The molecule has 4 heteroatoms. The molecule has 3 N–H and O–H groups in total. The van der Waals surface area contributed by atoms with Crippen molar-refractivity contribution in [2.45, 2.75) is 315 Å². The second-order valence-corrected chi connectivity index (χ2v) is 20.7. The molecule has 0 bridgehead atoms. The number of allylic oxidation sites excluding steroid dienone is 15. The minimum Gasteiger partial charge on any atom is -0.394 e. The average Bonchev–Trinajstić information content (AvgIpc) is 3.37. The predicted molar refractivity (Wildman–Crippen MR) is 317 cm³/mol. The van der Waals surface area contributed by atoms with Crippen molar-refractivity contribution < 1.29 is 15.0 Å². The first-order chi connectivity index (χ1) is 35.2. The zero-order chi connectivity index (χ0) is 51.3. The predicted octanol–water partition coefficient (Wildman–Crippen LogP) is 20.9. The van der Waals surface area contributed by atoms with Crippen LogP contribution in [0.3, 0.4) is 0 Å². The molecule has 0 fully saturated rings. The Morgan fingerprint density at radius 2 is 0.620 bits per heavy atom. The molecule has 410 valence electrons. The molecule has 0 spiro atoms. The van der Waals surface area contributed by atoms with Crippen LogP contribution in [0.25, 0.3) is 0 Å². The maximum Gasteiger partial charge on any atom is 0.220 e. The van der Waals surface area contributed by atoms with E-state index in [4.69, 9.17) is 0 Å². The third-order valence-corrected chi connectivity index (χ3v) is 13.8. The van der Waals surface area contributed by atoms with Crippen molar-refractivity contribution in [3.63, 3.8) is 0 Å². The monoisotopic (exact) mass is 986 g/mol. The maximum absolute atomic E-state index is 12.5. The van der Waals surface area contributed by atoms with E-state index in [9.17, 15) is 15.0 Å². The van der Waals surface area contributed by atoms with Gasteiger partial charge in [-0.15, -0.1) is 0 Å². The molecule has 2 atom stereocenters. The van der Waals surface area contributed by atoms with E-state index in [0.29, 0.717) is 6.42 Å². The molecule has 0 aliphatic carbocycles. The van der Waals surface area contributed by atoms with Crippen LogP contribution in [-0.4, -0.2) is 34.9 Å². The second-order valence-electron chi connectivity index (χ2n) is 20.7. The smallest absolute Gasteiger partial charge is 0.220 e. The third-order valence-electron chi connectivity index (χ3n) is 13.8. The number of rotatable bonds is 56. The van der Waals surface area contributed by atoms with Gasteiger partial charge in [0, 0.05) is 6.42 Å². The molecule has 4 nitrogen and oxygen atoms in total. The highest BCUT2D eigenvalue weighted by molar-refractivity contribution is 5.76. The van der Waals surface area contributed by atoms with Crippen molar-refractivity contribution in [1.82, 2.24) is 5.32 Å². The molecular formula is C67H119NO3. The van der Waals surface area contributed by atoms with Crippen LogP contribution in [0, 0.1) is 0 Å². The van der Waals surface area contributed by atoms with Crippen LogP contribution in [0.2, 0.25) is 0 Å². The Hall–Kier alpha value is -2.69. The first-order valence-corrected chi connectivity index (χ1v) is 31.0. The SMILES string of the molecule is CC/C=C\C/C=C\C/C=C\C/C=C\C/C=C\C/C=C\C/C=C\CCCCCCCCCC(=O)NC(CO)C(O)/C=C/CCCCCCCCCCCCCCCCCCCCCCCCCCCCCC. The fraction of sp³-hybridized carbons (Fsp3) is 0.746. The van der Waals surface area contributed by atoms with Gasteiger partial charge in [0.05, 0.1) is 18.8 Å². The topological polar surface area (TPSA) is 69.6 Å². The van der Waals surface area contributed by atoms with E-state index >= 15 is 0 Å². The highest BCUT2D eigenvalue weighted by atomic mass is 16.3. The van der Waals surface area contributed by atoms with Gasteiger partial charge in [0.1, 0.15) is 0 Å². The summed E-state index contributed by atoms with van der Waals surface area (Å²) < 4.78 is 0. The van der Waals surface area contributed by atoms with E-state index in [2.05, 4.69) is 104 Å². The fourth-order valence-electron chi connectivity index (χ4n) is 9.16. The first kappa shape index (κ1) is 68.3. The lowest BCUT2D eigenvalue weighted by molar-refractivity contribution is -0.123. The zero-order valence-electron chi connectivity index (χ0n) is 47.2. The number of carbonyl (C=O) groups excluding carboxylic acids is 1. The van der Waals surface area contributed by atoms with Crippen molar-refractivity contribution in [1.29, 1.82) is 0 Å². The normalized spacial score (nSPS) is 13.5. The molecule has 71 heavy (non-hydrogen) atoms. The second kappa shape index (κ2) is 61.6. The van der Waals surface area contributed by atoms with Crippen LogP contribution in [0.15, 0.2) is 97.2 Å². The Labute approximate surface area is 443 Å². The molecule has 0 aromatic carbocycles.